The van der Waals surface area contributed by atoms with Gasteiger partial charge in [0.1, 0.15) is 17.4 Å². The smallest absolute Gasteiger partial charge is 0.316 e. The fourth-order valence-corrected chi connectivity index (χ4v) is 4.50. The first-order valence-corrected chi connectivity index (χ1v) is 11.6. The fourth-order valence-electron chi connectivity index (χ4n) is 4.50. The van der Waals surface area contributed by atoms with Crippen LogP contribution in [-0.4, -0.2) is 65.1 Å². The van der Waals surface area contributed by atoms with Gasteiger partial charge in [-0.2, -0.15) is 9.97 Å². The van der Waals surface area contributed by atoms with E-state index in [1.807, 2.05) is 12.1 Å². The van der Waals surface area contributed by atoms with Crippen molar-refractivity contribution in [1.29, 1.82) is 0 Å². The summed E-state index contributed by atoms with van der Waals surface area (Å²) in [6.45, 7) is 3.01. The third-order valence-electron chi connectivity index (χ3n) is 6.42. The summed E-state index contributed by atoms with van der Waals surface area (Å²) < 4.78 is 24.7. The molecule has 0 spiro atoms. The van der Waals surface area contributed by atoms with Crippen LogP contribution < -0.4 is 24.7 Å². The Kier molecular flexibility index (Phi) is 6.48. The number of hydrogen-bond donors (Lipinski definition) is 0. The van der Waals surface area contributed by atoms with Gasteiger partial charge in [0.05, 0.1) is 50.5 Å². The Morgan fingerprint density at radius 1 is 0.941 bits per heavy atom. The van der Waals surface area contributed by atoms with E-state index in [1.165, 1.54) is 6.20 Å². The molecule has 2 aliphatic rings. The molecule has 0 amide bonds. The summed E-state index contributed by atoms with van der Waals surface area (Å²) in [5.74, 6) is 1.29. The molecule has 2 aromatic heterocycles. The molecule has 180 valence electrons. The molecule has 0 unspecified atom stereocenters. The number of methoxy groups -OCH3 is 1. The van der Waals surface area contributed by atoms with E-state index in [1.54, 1.807) is 31.1 Å². The molecule has 34 heavy (non-hydrogen) atoms. The highest BCUT2D eigenvalue weighted by Crippen LogP contribution is 2.33. The Morgan fingerprint density at radius 3 is 2.29 bits per heavy atom. The van der Waals surface area contributed by atoms with Crippen molar-refractivity contribution in [3.63, 3.8) is 0 Å². The fraction of sp³-hybridized carbons (Fsp3) is 0.500. The van der Waals surface area contributed by atoms with Gasteiger partial charge in [-0.1, -0.05) is 0 Å². The van der Waals surface area contributed by atoms with E-state index in [4.69, 9.17) is 18.9 Å². The van der Waals surface area contributed by atoms with Crippen molar-refractivity contribution < 1.29 is 18.9 Å². The third kappa shape index (κ3) is 4.77. The molecular formula is C24H29N5O5. The second kappa shape index (κ2) is 9.84. The molecule has 5 rings (SSSR count). The van der Waals surface area contributed by atoms with Crippen molar-refractivity contribution >= 4 is 16.7 Å². The largest absolute Gasteiger partial charge is 0.494 e. The van der Waals surface area contributed by atoms with E-state index in [9.17, 15) is 4.79 Å². The molecule has 1 saturated heterocycles. The molecule has 1 saturated carbocycles. The lowest BCUT2D eigenvalue weighted by molar-refractivity contribution is 0.0755. The lowest BCUT2D eigenvalue weighted by Gasteiger charge is -2.31. The maximum atomic E-state index is 12.3. The molecule has 2 fully saturated rings. The van der Waals surface area contributed by atoms with Crippen LogP contribution in [0.4, 0.5) is 5.69 Å². The molecule has 1 aliphatic heterocycles. The number of nitrogens with zero attached hydrogens (tertiary/aromatic N) is 5. The molecule has 10 nitrogen and oxygen atoms in total. The normalized spacial score (nSPS) is 20.8. The number of aromatic nitrogens is 4. The second-order valence-corrected chi connectivity index (χ2v) is 8.61. The molecule has 3 heterocycles. The molecular weight excluding hydrogens is 438 g/mol. The zero-order valence-corrected chi connectivity index (χ0v) is 19.5. The molecule has 0 radical (unpaired) electrons. The SMILES string of the molecule is COc1cnc(OC2CCC(Oc3cc(N4CCOCC4)cc4ncc(=O)n(C)c34)CC2)nc1. The zero-order chi connectivity index (χ0) is 23.5. The Labute approximate surface area is 197 Å². The topological polar surface area (TPSA) is 101 Å². The Hall–Kier alpha value is -3.40. The van der Waals surface area contributed by atoms with Gasteiger partial charge in [0.25, 0.3) is 5.56 Å². The lowest BCUT2D eigenvalue weighted by Crippen LogP contribution is -2.36. The van der Waals surface area contributed by atoms with Gasteiger partial charge >= 0.3 is 6.01 Å². The standard InChI is InChI=1S/C24H29N5O5/c1-28-22(30)15-25-20-11-16(29-7-9-32-10-8-29)12-21(23(20)28)33-17-3-5-18(6-4-17)34-24-26-13-19(31-2)14-27-24/h11-15,17-18H,3-10H2,1-2H3. The predicted molar refractivity (Wildman–Crippen MR) is 126 cm³/mol. The van der Waals surface area contributed by atoms with Crippen LogP contribution in [0.5, 0.6) is 17.5 Å². The number of anilines is 1. The summed E-state index contributed by atoms with van der Waals surface area (Å²) in [4.78, 5) is 27.4. The number of rotatable bonds is 6. The van der Waals surface area contributed by atoms with E-state index >= 15 is 0 Å². The van der Waals surface area contributed by atoms with Crippen LogP contribution in [0.15, 0.2) is 35.5 Å². The van der Waals surface area contributed by atoms with E-state index in [2.05, 4.69) is 19.9 Å². The average Bonchev–Trinajstić information content (AvgIpc) is 2.88. The van der Waals surface area contributed by atoms with Crippen molar-refractivity contribution in [3.8, 4) is 17.5 Å². The van der Waals surface area contributed by atoms with E-state index in [0.29, 0.717) is 30.7 Å². The maximum absolute atomic E-state index is 12.3. The van der Waals surface area contributed by atoms with E-state index < -0.39 is 0 Å². The van der Waals surface area contributed by atoms with Crippen LogP contribution in [0.2, 0.25) is 0 Å². The summed E-state index contributed by atoms with van der Waals surface area (Å²) in [5.41, 5.74) is 2.34. The molecule has 3 aromatic rings. The number of aryl methyl sites for hydroxylation is 1. The maximum Gasteiger partial charge on any atom is 0.316 e. The van der Waals surface area contributed by atoms with Crippen LogP contribution in [0, 0.1) is 0 Å². The van der Waals surface area contributed by atoms with Crippen LogP contribution in [0.25, 0.3) is 11.0 Å². The number of ether oxygens (including phenoxy) is 4. The molecule has 0 atom stereocenters. The zero-order valence-electron chi connectivity index (χ0n) is 19.5. The second-order valence-electron chi connectivity index (χ2n) is 8.61. The van der Waals surface area contributed by atoms with Crippen molar-refractivity contribution in [1.82, 2.24) is 19.5 Å². The summed E-state index contributed by atoms with van der Waals surface area (Å²) in [6, 6.07) is 4.41. The molecule has 1 aromatic carbocycles. The first-order valence-electron chi connectivity index (χ1n) is 11.6. The highest BCUT2D eigenvalue weighted by molar-refractivity contribution is 5.85. The van der Waals surface area contributed by atoms with Gasteiger partial charge in [-0.05, 0) is 31.7 Å². The van der Waals surface area contributed by atoms with Gasteiger partial charge in [0.2, 0.25) is 0 Å². The Balaban J connectivity index is 1.31. The highest BCUT2D eigenvalue weighted by atomic mass is 16.5. The monoisotopic (exact) mass is 467 g/mol. The Bertz CT molecular complexity index is 1180. The molecule has 0 N–H and O–H groups in total. The van der Waals surface area contributed by atoms with Gasteiger partial charge < -0.3 is 28.4 Å². The Morgan fingerprint density at radius 2 is 1.62 bits per heavy atom. The average molecular weight is 468 g/mol. The van der Waals surface area contributed by atoms with Gasteiger partial charge in [-0.3, -0.25) is 4.79 Å². The van der Waals surface area contributed by atoms with Crippen LogP contribution in [0.3, 0.4) is 0 Å². The predicted octanol–water partition coefficient (Wildman–Crippen LogP) is 2.34. The summed E-state index contributed by atoms with van der Waals surface area (Å²) in [7, 11) is 3.33. The quantitative estimate of drug-likeness (QED) is 0.541. The van der Waals surface area contributed by atoms with Crippen LogP contribution in [0.1, 0.15) is 25.7 Å². The number of fused-ring (bicyclic) bond motifs is 1. The highest BCUT2D eigenvalue weighted by Gasteiger charge is 2.26. The summed E-state index contributed by atoms with van der Waals surface area (Å²) in [5, 5.41) is 0. The number of hydrogen-bond acceptors (Lipinski definition) is 9. The third-order valence-corrected chi connectivity index (χ3v) is 6.42. The molecule has 10 heteroatoms. The van der Waals surface area contributed by atoms with Crippen molar-refractivity contribution in [2.45, 2.75) is 37.9 Å². The van der Waals surface area contributed by atoms with Crippen LogP contribution >= 0.6 is 0 Å². The van der Waals surface area contributed by atoms with Gasteiger partial charge in [-0.15, -0.1) is 0 Å². The first-order chi connectivity index (χ1) is 16.6. The first kappa shape index (κ1) is 22.4. The minimum atomic E-state index is -0.159. The van der Waals surface area contributed by atoms with Crippen molar-refractivity contribution in [2.24, 2.45) is 7.05 Å². The minimum Gasteiger partial charge on any atom is -0.494 e. The van der Waals surface area contributed by atoms with E-state index in [0.717, 1.165) is 55.5 Å². The van der Waals surface area contributed by atoms with Gasteiger partial charge in [-0.25, -0.2) is 4.98 Å². The van der Waals surface area contributed by atoms with Crippen LogP contribution in [-0.2, 0) is 11.8 Å². The van der Waals surface area contributed by atoms with Crippen molar-refractivity contribution in [3.05, 3.63) is 41.1 Å². The summed E-state index contributed by atoms with van der Waals surface area (Å²) >= 11 is 0. The van der Waals surface area contributed by atoms with Gasteiger partial charge in [0.15, 0.2) is 5.75 Å². The van der Waals surface area contributed by atoms with E-state index in [-0.39, 0.29) is 17.8 Å². The van der Waals surface area contributed by atoms with Crippen molar-refractivity contribution in [2.75, 3.05) is 38.3 Å². The summed E-state index contributed by atoms with van der Waals surface area (Å²) in [6.07, 6.45) is 7.95. The number of morpholine rings is 1. The molecule has 1 aliphatic carbocycles. The van der Waals surface area contributed by atoms with Gasteiger partial charge in [0, 0.05) is 31.9 Å². The lowest BCUT2D eigenvalue weighted by atomic mass is 9.95. The molecule has 0 bridgehead atoms. The number of benzene rings is 1. The minimum absolute atomic E-state index is 0.0232.